The number of halogens is 2. The Labute approximate surface area is 151 Å². The summed E-state index contributed by atoms with van der Waals surface area (Å²) in [5.41, 5.74) is 0. The van der Waals surface area contributed by atoms with Gasteiger partial charge in [-0.25, -0.2) is 0 Å². The van der Waals surface area contributed by atoms with Gasteiger partial charge in [-0.05, 0) is 72.6 Å². The topological polar surface area (TPSA) is 13.0 Å². The minimum atomic E-state index is 0.757. The molecular weight excluding hydrogens is 371 g/mol. The van der Waals surface area contributed by atoms with Crippen LogP contribution in [0.1, 0.15) is 19.3 Å². The molecule has 0 amide bonds. The molecule has 0 saturated carbocycles. The SMILES string of the molecule is CN1CCCN2CCCN(C)CCN(CCC1)CC2.[Cl][Cu][Cl]. The quantitative estimate of drug-likeness (QED) is 0.575. The molecule has 2 rings (SSSR count). The molecule has 137 valence electrons. The van der Waals surface area contributed by atoms with E-state index in [1.54, 1.807) is 0 Å². The van der Waals surface area contributed by atoms with E-state index in [-0.39, 0.29) is 0 Å². The summed E-state index contributed by atoms with van der Waals surface area (Å²) in [6.45, 7) is 12.6. The van der Waals surface area contributed by atoms with E-state index in [0.29, 0.717) is 0 Å². The zero-order valence-electron chi connectivity index (χ0n) is 14.0. The molecule has 0 aromatic heterocycles. The van der Waals surface area contributed by atoms with Gasteiger partial charge in [0.15, 0.2) is 0 Å². The molecule has 0 spiro atoms. The number of hydrogen-bond acceptors (Lipinski definition) is 4. The summed E-state index contributed by atoms with van der Waals surface area (Å²) < 4.78 is 0. The first kappa shape index (κ1) is 21.0. The van der Waals surface area contributed by atoms with E-state index in [9.17, 15) is 0 Å². The summed E-state index contributed by atoms with van der Waals surface area (Å²) in [6, 6.07) is 0. The molecule has 0 aliphatic carbocycles. The molecule has 2 heterocycles. The summed E-state index contributed by atoms with van der Waals surface area (Å²) in [4.78, 5) is 10.4. The molecule has 2 unspecified atom stereocenters. The second-order valence-corrected chi connectivity index (χ2v) is 7.95. The van der Waals surface area contributed by atoms with Crippen molar-refractivity contribution >= 4 is 20.2 Å². The van der Waals surface area contributed by atoms with E-state index >= 15 is 0 Å². The van der Waals surface area contributed by atoms with Gasteiger partial charge in [0.05, 0.1) is 0 Å². The van der Waals surface area contributed by atoms with Crippen LogP contribution in [0.5, 0.6) is 0 Å². The molecule has 2 aliphatic rings. The van der Waals surface area contributed by atoms with Crippen LogP contribution in [0.3, 0.4) is 0 Å². The van der Waals surface area contributed by atoms with Crippen LogP contribution in [0.15, 0.2) is 0 Å². The fourth-order valence-electron chi connectivity index (χ4n) is 3.18. The van der Waals surface area contributed by atoms with Crippen LogP contribution >= 0.6 is 20.2 Å². The molecule has 2 atom stereocenters. The van der Waals surface area contributed by atoms with Crippen molar-refractivity contribution in [2.24, 2.45) is 0 Å². The zero-order chi connectivity index (χ0) is 16.2. The van der Waals surface area contributed by atoms with E-state index in [1.807, 2.05) is 0 Å². The Bertz CT molecular complexity index is 274. The second kappa shape index (κ2) is 13.3. The maximum atomic E-state index is 4.67. The van der Waals surface area contributed by atoms with Gasteiger partial charge in [0.25, 0.3) is 0 Å². The molecule has 0 aromatic carbocycles. The van der Waals surface area contributed by atoms with Crippen LogP contribution in [0.2, 0.25) is 0 Å². The summed E-state index contributed by atoms with van der Waals surface area (Å²) >= 11 is 0.757. The van der Waals surface area contributed by atoms with Gasteiger partial charge >= 0.3 is 33.3 Å². The molecule has 22 heavy (non-hydrogen) atoms. The van der Waals surface area contributed by atoms with Crippen molar-refractivity contribution in [3.63, 3.8) is 0 Å². The van der Waals surface area contributed by atoms with Gasteiger partial charge in [-0.2, -0.15) is 0 Å². The van der Waals surface area contributed by atoms with E-state index in [2.05, 4.69) is 53.9 Å². The standard InChI is InChI=1S/C15H32N4.2ClH.Cu/c1-16-6-3-9-18-10-5-8-17(2)12-13-19(15-14-18)11-4-7-16;;;/h3-15H2,1-2H3;2*1H;/q;;;+2/p-2. The van der Waals surface area contributed by atoms with E-state index in [0.717, 1.165) is 13.1 Å². The molecule has 2 aliphatic heterocycles. The predicted molar refractivity (Wildman–Crippen MR) is 93.4 cm³/mol. The first-order valence-corrected chi connectivity index (χ1v) is 10.9. The monoisotopic (exact) mass is 401 g/mol. The van der Waals surface area contributed by atoms with Crippen LogP contribution in [-0.2, 0) is 13.1 Å². The van der Waals surface area contributed by atoms with E-state index in [1.165, 1.54) is 84.7 Å². The van der Waals surface area contributed by atoms with Crippen molar-refractivity contribution in [3.05, 3.63) is 0 Å². The van der Waals surface area contributed by atoms with Gasteiger partial charge in [0.2, 0.25) is 0 Å². The van der Waals surface area contributed by atoms with Crippen molar-refractivity contribution < 1.29 is 13.1 Å². The molecular formula is C15H32Cl2CuN4. The number of hydrogen-bond donors (Lipinski definition) is 0. The Morgan fingerprint density at radius 3 is 1.32 bits per heavy atom. The molecule has 2 fully saturated rings. The second-order valence-electron chi connectivity index (χ2n) is 6.39. The van der Waals surface area contributed by atoms with Crippen molar-refractivity contribution in [2.75, 3.05) is 79.5 Å². The number of fused-ring (bicyclic) bond motifs is 3. The van der Waals surface area contributed by atoms with Gasteiger partial charge in [0.1, 0.15) is 0 Å². The van der Waals surface area contributed by atoms with Crippen molar-refractivity contribution in [3.8, 4) is 0 Å². The van der Waals surface area contributed by atoms with Crippen molar-refractivity contribution in [1.29, 1.82) is 0 Å². The Hall–Kier alpha value is 0.939. The maximum absolute atomic E-state index is 4.67. The molecule has 7 heteroatoms. The normalized spacial score (nSPS) is 30.2. The average Bonchev–Trinajstić information content (AvgIpc) is 2.52. The molecule has 2 saturated heterocycles. The summed E-state index contributed by atoms with van der Waals surface area (Å²) in [7, 11) is 13.9. The van der Waals surface area contributed by atoms with Crippen LogP contribution in [-0.4, -0.2) is 99.1 Å². The van der Waals surface area contributed by atoms with Crippen LogP contribution in [0.4, 0.5) is 0 Å². The van der Waals surface area contributed by atoms with E-state index in [4.69, 9.17) is 0 Å². The van der Waals surface area contributed by atoms with Crippen LogP contribution in [0.25, 0.3) is 0 Å². The predicted octanol–water partition coefficient (Wildman–Crippen LogP) is 2.03. The van der Waals surface area contributed by atoms with Crippen molar-refractivity contribution in [2.45, 2.75) is 19.3 Å². The summed E-state index contributed by atoms with van der Waals surface area (Å²) in [5, 5.41) is 0. The Morgan fingerprint density at radius 1 is 0.545 bits per heavy atom. The fraction of sp³-hybridized carbons (Fsp3) is 1.00. The van der Waals surface area contributed by atoms with Crippen LogP contribution < -0.4 is 0 Å². The number of nitrogens with zero attached hydrogens (tertiary/aromatic N) is 4. The Morgan fingerprint density at radius 2 is 0.864 bits per heavy atom. The van der Waals surface area contributed by atoms with E-state index < -0.39 is 0 Å². The molecule has 0 radical (unpaired) electrons. The van der Waals surface area contributed by atoms with Gasteiger partial charge in [-0.15, -0.1) is 0 Å². The van der Waals surface area contributed by atoms with Gasteiger partial charge < -0.3 is 19.6 Å². The average molecular weight is 403 g/mol. The van der Waals surface area contributed by atoms with Gasteiger partial charge in [0, 0.05) is 26.2 Å². The summed E-state index contributed by atoms with van der Waals surface area (Å²) in [6.07, 6.45) is 3.97. The summed E-state index contributed by atoms with van der Waals surface area (Å²) in [5.74, 6) is 0. The molecule has 0 N–H and O–H groups in total. The number of likely N-dealkylation sites (N-methyl/N-ethyl adjacent to an activating group) is 1. The van der Waals surface area contributed by atoms with Gasteiger partial charge in [-0.3, -0.25) is 0 Å². The Balaban J connectivity index is 0.000000745. The zero-order valence-corrected chi connectivity index (χ0v) is 16.5. The molecule has 0 aromatic rings. The first-order chi connectivity index (χ1) is 10.7. The fourth-order valence-corrected chi connectivity index (χ4v) is 3.18. The molecule has 2 bridgehead atoms. The third-order valence-corrected chi connectivity index (χ3v) is 4.57. The van der Waals surface area contributed by atoms with Gasteiger partial charge in [-0.1, -0.05) is 0 Å². The van der Waals surface area contributed by atoms with Crippen molar-refractivity contribution in [1.82, 2.24) is 19.6 Å². The first-order valence-electron chi connectivity index (χ1n) is 8.28. The Kier molecular flexibility index (Phi) is 12.6. The number of rotatable bonds is 0. The third-order valence-electron chi connectivity index (χ3n) is 4.57. The minimum absolute atomic E-state index is 0.757. The van der Waals surface area contributed by atoms with Crippen LogP contribution in [0, 0.1) is 0 Å². The molecule has 4 nitrogen and oxygen atoms in total. The third kappa shape index (κ3) is 9.94.